The molecule has 3 aliphatic rings. The highest BCUT2D eigenvalue weighted by atomic mass is 16.5. The molecule has 1 aliphatic heterocycles. The summed E-state index contributed by atoms with van der Waals surface area (Å²) in [6, 6.07) is 13.9. The smallest absolute Gasteiger partial charge is 0.330 e. The second kappa shape index (κ2) is 9.29. The van der Waals surface area contributed by atoms with Gasteiger partial charge in [-0.05, 0) is 67.7 Å². The van der Waals surface area contributed by atoms with Gasteiger partial charge in [0.15, 0.2) is 6.61 Å². The third-order valence-corrected chi connectivity index (χ3v) is 7.83. The van der Waals surface area contributed by atoms with Crippen molar-refractivity contribution >= 4 is 29.4 Å². The topological polar surface area (TPSA) is 92.8 Å². The largest absolute Gasteiger partial charge is 0.454 e. The first kappa shape index (κ1) is 23.3. The van der Waals surface area contributed by atoms with Gasteiger partial charge < -0.3 is 10.1 Å². The molecule has 3 amide bonds. The summed E-state index contributed by atoms with van der Waals surface area (Å²) in [6.07, 6.45) is 3.01. The number of hydrogen-bond donors (Lipinski definition) is 1. The quantitative estimate of drug-likeness (QED) is 0.490. The van der Waals surface area contributed by atoms with Crippen LogP contribution in [-0.2, 0) is 30.3 Å². The lowest BCUT2D eigenvalue weighted by atomic mass is 9.81. The molecule has 0 aromatic heterocycles. The molecule has 2 saturated carbocycles. The third-order valence-electron chi connectivity index (χ3n) is 7.83. The molecule has 7 heteroatoms. The fourth-order valence-corrected chi connectivity index (χ4v) is 6.15. The number of imide groups is 1. The Morgan fingerprint density at radius 3 is 2.31 bits per heavy atom. The van der Waals surface area contributed by atoms with E-state index in [1.807, 2.05) is 62.4 Å². The molecule has 0 spiro atoms. The number of nitrogens with zero attached hydrogens (tertiary/aromatic N) is 1. The summed E-state index contributed by atoms with van der Waals surface area (Å²) in [5, 5.41) is 2.77. The monoisotopic (exact) mass is 474 g/mol. The molecule has 2 aliphatic carbocycles. The summed E-state index contributed by atoms with van der Waals surface area (Å²) in [6.45, 7) is 3.31. The normalized spacial score (nSPS) is 25.5. The Hall–Kier alpha value is -3.48. The van der Waals surface area contributed by atoms with Crippen LogP contribution in [0.5, 0.6) is 0 Å². The molecular weight excluding hydrogens is 444 g/mol. The molecule has 2 bridgehead atoms. The number of esters is 1. The highest BCUT2D eigenvalue weighted by Gasteiger charge is 2.62. The standard InChI is InChI=1S/C28H30N2O5/c1-16-8-9-17(2)21(12-16)29-23(31)15-35-28(34)22(13-18-6-4-3-5-7-18)30-26(32)24-19-10-11-20(14-19)25(24)27(30)33/h3-9,12,19-20,22,24-25H,10-11,13-15H2,1-2H3,(H,29,31)/t19-,20-,22+,24-,25+/m0/s1. The molecule has 3 fully saturated rings. The van der Waals surface area contributed by atoms with E-state index in [1.54, 1.807) is 0 Å². The number of likely N-dealkylation sites (tertiary alicyclic amines) is 1. The minimum atomic E-state index is -1.09. The molecule has 7 nitrogen and oxygen atoms in total. The first-order valence-electron chi connectivity index (χ1n) is 12.3. The van der Waals surface area contributed by atoms with Crippen molar-refractivity contribution in [2.45, 2.75) is 45.6 Å². The van der Waals surface area contributed by atoms with E-state index in [1.165, 1.54) is 0 Å². The number of anilines is 1. The summed E-state index contributed by atoms with van der Waals surface area (Å²) in [5.74, 6) is -1.92. The predicted molar refractivity (Wildman–Crippen MR) is 129 cm³/mol. The number of aryl methyl sites for hydroxylation is 2. The van der Waals surface area contributed by atoms with Crippen LogP contribution in [0.2, 0.25) is 0 Å². The number of nitrogens with one attached hydrogen (secondary N) is 1. The molecule has 1 saturated heterocycles. The van der Waals surface area contributed by atoms with Crippen LogP contribution in [0.1, 0.15) is 36.0 Å². The Morgan fingerprint density at radius 1 is 1.00 bits per heavy atom. The van der Waals surface area contributed by atoms with E-state index in [-0.39, 0.29) is 41.9 Å². The van der Waals surface area contributed by atoms with Crippen molar-refractivity contribution in [3.05, 3.63) is 65.2 Å². The number of hydrogen-bond acceptors (Lipinski definition) is 5. The molecule has 0 radical (unpaired) electrons. The van der Waals surface area contributed by atoms with Gasteiger partial charge in [0.25, 0.3) is 5.91 Å². The van der Waals surface area contributed by atoms with Crippen LogP contribution in [-0.4, -0.2) is 41.2 Å². The Labute approximate surface area is 204 Å². The Kier molecular flexibility index (Phi) is 6.17. The second-order valence-corrected chi connectivity index (χ2v) is 10.1. The minimum absolute atomic E-state index is 0.157. The van der Waals surface area contributed by atoms with E-state index in [4.69, 9.17) is 4.74 Å². The van der Waals surface area contributed by atoms with Crippen molar-refractivity contribution in [2.24, 2.45) is 23.7 Å². The minimum Gasteiger partial charge on any atom is -0.454 e. The summed E-state index contributed by atoms with van der Waals surface area (Å²) in [4.78, 5) is 53.7. The maximum absolute atomic E-state index is 13.4. The van der Waals surface area contributed by atoms with Crippen molar-refractivity contribution < 1.29 is 23.9 Å². The predicted octanol–water partition coefficient (Wildman–Crippen LogP) is 3.43. The van der Waals surface area contributed by atoms with Crippen molar-refractivity contribution in [1.29, 1.82) is 0 Å². The SMILES string of the molecule is Cc1ccc(C)c(NC(=O)COC(=O)[C@@H](Cc2ccccc2)N2C(=O)[C@@H]3[C@H]4CC[C@@H](C4)[C@@H]3C2=O)c1. The average Bonchev–Trinajstić information content (AvgIpc) is 3.53. The molecule has 0 unspecified atom stereocenters. The molecule has 2 aromatic carbocycles. The van der Waals surface area contributed by atoms with E-state index in [0.717, 1.165) is 40.9 Å². The van der Waals surface area contributed by atoms with Crippen LogP contribution in [0.15, 0.2) is 48.5 Å². The second-order valence-electron chi connectivity index (χ2n) is 10.1. The Bertz CT molecular complexity index is 1150. The first-order valence-corrected chi connectivity index (χ1v) is 12.3. The van der Waals surface area contributed by atoms with Gasteiger partial charge in [-0.1, -0.05) is 42.5 Å². The number of benzene rings is 2. The average molecular weight is 475 g/mol. The number of ether oxygens (including phenoxy) is 1. The molecule has 2 aromatic rings. The van der Waals surface area contributed by atoms with E-state index >= 15 is 0 Å². The fourth-order valence-electron chi connectivity index (χ4n) is 6.15. The van der Waals surface area contributed by atoms with Crippen molar-refractivity contribution in [3.8, 4) is 0 Å². The number of amides is 3. The fraction of sp³-hybridized carbons (Fsp3) is 0.429. The van der Waals surface area contributed by atoms with Gasteiger partial charge in [-0.25, -0.2) is 4.79 Å². The zero-order valence-electron chi connectivity index (χ0n) is 20.0. The Balaban J connectivity index is 1.32. The number of rotatable bonds is 7. The lowest BCUT2D eigenvalue weighted by Crippen LogP contribution is -2.48. The highest BCUT2D eigenvalue weighted by molar-refractivity contribution is 6.08. The van der Waals surface area contributed by atoms with Gasteiger partial charge in [-0.2, -0.15) is 0 Å². The van der Waals surface area contributed by atoms with Crippen LogP contribution >= 0.6 is 0 Å². The van der Waals surface area contributed by atoms with Crippen LogP contribution in [0.4, 0.5) is 5.69 Å². The van der Waals surface area contributed by atoms with Crippen LogP contribution in [0.25, 0.3) is 0 Å². The van der Waals surface area contributed by atoms with Gasteiger partial charge in [-0.15, -0.1) is 0 Å². The highest BCUT2D eigenvalue weighted by Crippen LogP contribution is 2.56. The zero-order valence-corrected chi connectivity index (χ0v) is 20.0. The van der Waals surface area contributed by atoms with Crippen molar-refractivity contribution in [3.63, 3.8) is 0 Å². The maximum atomic E-state index is 13.4. The zero-order chi connectivity index (χ0) is 24.7. The summed E-state index contributed by atoms with van der Waals surface area (Å²) in [7, 11) is 0. The summed E-state index contributed by atoms with van der Waals surface area (Å²) >= 11 is 0. The molecule has 182 valence electrons. The van der Waals surface area contributed by atoms with Crippen LogP contribution in [0.3, 0.4) is 0 Å². The number of carbonyl (C=O) groups excluding carboxylic acids is 4. The van der Waals surface area contributed by atoms with Gasteiger partial charge in [0.05, 0.1) is 11.8 Å². The summed E-state index contributed by atoms with van der Waals surface area (Å²) in [5.41, 5.74) is 3.36. The number of carbonyl (C=O) groups is 4. The maximum Gasteiger partial charge on any atom is 0.330 e. The van der Waals surface area contributed by atoms with E-state index in [2.05, 4.69) is 5.32 Å². The molecule has 35 heavy (non-hydrogen) atoms. The van der Waals surface area contributed by atoms with Gasteiger partial charge in [0, 0.05) is 12.1 Å². The molecular formula is C28H30N2O5. The van der Waals surface area contributed by atoms with Gasteiger partial charge in [0.1, 0.15) is 6.04 Å². The molecule has 5 rings (SSSR count). The third kappa shape index (κ3) is 4.35. The lowest BCUT2D eigenvalue weighted by Gasteiger charge is -2.26. The van der Waals surface area contributed by atoms with E-state index in [0.29, 0.717) is 5.69 Å². The Morgan fingerprint density at radius 2 is 1.66 bits per heavy atom. The van der Waals surface area contributed by atoms with Crippen molar-refractivity contribution in [1.82, 2.24) is 4.90 Å². The van der Waals surface area contributed by atoms with Crippen molar-refractivity contribution in [2.75, 3.05) is 11.9 Å². The van der Waals surface area contributed by atoms with Gasteiger partial charge in [-0.3, -0.25) is 19.3 Å². The molecule has 1 N–H and O–H groups in total. The van der Waals surface area contributed by atoms with Gasteiger partial charge >= 0.3 is 5.97 Å². The van der Waals surface area contributed by atoms with E-state index in [9.17, 15) is 19.2 Å². The first-order chi connectivity index (χ1) is 16.8. The molecule has 1 heterocycles. The summed E-state index contributed by atoms with van der Waals surface area (Å²) < 4.78 is 5.38. The van der Waals surface area contributed by atoms with E-state index < -0.39 is 24.5 Å². The lowest BCUT2D eigenvalue weighted by molar-refractivity contribution is -0.160. The number of fused-ring (bicyclic) bond motifs is 5. The van der Waals surface area contributed by atoms with Crippen LogP contribution in [0, 0.1) is 37.5 Å². The van der Waals surface area contributed by atoms with Crippen LogP contribution < -0.4 is 5.32 Å². The molecule has 5 atom stereocenters. The van der Waals surface area contributed by atoms with Gasteiger partial charge in [0.2, 0.25) is 11.8 Å².